The average molecular weight is 281 g/mol. The molecular weight excluding hydrogens is 271 g/mol. The fourth-order valence-electron chi connectivity index (χ4n) is 2.12. The van der Waals surface area contributed by atoms with Gasteiger partial charge in [-0.3, -0.25) is 0 Å². The molecule has 18 heavy (non-hydrogen) atoms. The molecule has 0 saturated heterocycles. The van der Waals surface area contributed by atoms with Crippen molar-refractivity contribution < 1.29 is 9.50 Å². The zero-order valence-electron chi connectivity index (χ0n) is 9.36. The van der Waals surface area contributed by atoms with Crippen LogP contribution in [-0.2, 0) is 6.42 Å². The molecule has 0 amide bonds. The van der Waals surface area contributed by atoms with Gasteiger partial charge in [-0.25, -0.2) is 4.39 Å². The van der Waals surface area contributed by atoms with Crippen LogP contribution in [0.25, 0.3) is 0 Å². The lowest BCUT2D eigenvalue weighted by atomic mass is 10.0. The predicted octanol–water partition coefficient (Wildman–Crippen LogP) is 4.22. The molecule has 2 aromatic carbocycles. The third-order valence-corrected chi connectivity index (χ3v) is 4.43. The second kappa shape index (κ2) is 4.57. The number of fused-ring (bicyclic) bond motifs is 2. The molecule has 0 saturated carbocycles. The standard InChI is InChI=1S/C14H10ClFOS/c15-9-1-3-13-8(5-9)6-12(17)11-7-10(16)2-4-14(11)18-13/h1-5,7,12,17H,6H2. The zero-order chi connectivity index (χ0) is 12.7. The van der Waals surface area contributed by atoms with Crippen LogP contribution < -0.4 is 0 Å². The quantitative estimate of drug-likeness (QED) is 0.780. The minimum Gasteiger partial charge on any atom is -0.388 e. The summed E-state index contributed by atoms with van der Waals surface area (Å²) in [5, 5.41) is 10.8. The Morgan fingerprint density at radius 2 is 1.94 bits per heavy atom. The van der Waals surface area contributed by atoms with E-state index in [1.54, 1.807) is 6.07 Å². The summed E-state index contributed by atoms with van der Waals surface area (Å²) in [6.45, 7) is 0. The third kappa shape index (κ3) is 2.14. The summed E-state index contributed by atoms with van der Waals surface area (Å²) in [5.74, 6) is -0.322. The molecule has 1 N–H and O–H groups in total. The number of hydrogen-bond donors (Lipinski definition) is 1. The van der Waals surface area contributed by atoms with Gasteiger partial charge < -0.3 is 5.11 Å². The van der Waals surface area contributed by atoms with Gasteiger partial charge in [-0.05, 0) is 47.5 Å². The van der Waals surface area contributed by atoms with Gasteiger partial charge in [0.2, 0.25) is 0 Å². The van der Waals surface area contributed by atoms with Crippen LogP contribution in [0.1, 0.15) is 17.2 Å². The highest BCUT2D eigenvalue weighted by molar-refractivity contribution is 7.99. The van der Waals surface area contributed by atoms with Crippen molar-refractivity contribution in [2.24, 2.45) is 0 Å². The number of aliphatic hydroxyl groups is 1. The van der Waals surface area contributed by atoms with E-state index in [2.05, 4.69) is 0 Å². The molecule has 0 spiro atoms. The van der Waals surface area contributed by atoms with Crippen LogP contribution in [0.2, 0.25) is 5.02 Å². The highest BCUT2D eigenvalue weighted by atomic mass is 35.5. The maximum absolute atomic E-state index is 13.3. The molecule has 0 aliphatic carbocycles. The summed E-state index contributed by atoms with van der Waals surface area (Å²) < 4.78 is 13.3. The molecule has 0 fully saturated rings. The smallest absolute Gasteiger partial charge is 0.123 e. The Balaban J connectivity index is 2.13. The molecule has 1 nitrogen and oxygen atoms in total. The Bertz CT molecular complexity index is 615. The summed E-state index contributed by atoms with van der Waals surface area (Å²) in [6.07, 6.45) is -0.234. The molecule has 1 atom stereocenters. The van der Waals surface area contributed by atoms with E-state index in [-0.39, 0.29) is 5.82 Å². The van der Waals surface area contributed by atoms with Crippen LogP contribution in [-0.4, -0.2) is 5.11 Å². The molecule has 1 aliphatic rings. The lowest BCUT2D eigenvalue weighted by molar-refractivity contribution is 0.175. The highest BCUT2D eigenvalue weighted by Gasteiger charge is 2.21. The van der Waals surface area contributed by atoms with Crippen molar-refractivity contribution in [1.82, 2.24) is 0 Å². The number of aliphatic hydroxyl groups excluding tert-OH is 1. The molecule has 0 aromatic heterocycles. The monoisotopic (exact) mass is 280 g/mol. The van der Waals surface area contributed by atoms with Crippen LogP contribution >= 0.6 is 23.4 Å². The van der Waals surface area contributed by atoms with Crippen molar-refractivity contribution in [1.29, 1.82) is 0 Å². The number of benzene rings is 2. The number of halogens is 2. The Morgan fingerprint density at radius 3 is 2.78 bits per heavy atom. The largest absolute Gasteiger partial charge is 0.388 e. The Kier molecular flexibility index (Phi) is 3.06. The fraction of sp³-hybridized carbons (Fsp3) is 0.143. The van der Waals surface area contributed by atoms with Crippen LogP contribution in [0.15, 0.2) is 46.2 Å². The SMILES string of the molecule is OC1Cc2cc(Cl)ccc2Sc2ccc(F)cc21. The van der Waals surface area contributed by atoms with E-state index in [1.165, 1.54) is 23.9 Å². The maximum atomic E-state index is 13.3. The molecule has 3 rings (SSSR count). The minimum absolute atomic E-state index is 0.322. The van der Waals surface area contributed by atoms with Crippen molar-refractivity contribution in [3.63, 3.8) is 0 Å². The van der Waals surface area contributed by atoms with Crippen molar-refractivity contribution >= 4 is 23.4 Å². The summed E-state index contributed by atoms with van der Waals surface area (Å²) >= 11 is 7.50. The molecule has 0 bridgehead atoms. The predicted molar refractivity (Wildman–Crippen MR) is 70.6 cm³/mol. The van der Waals surface area contributed by atoms with Crippen molar-refractivity contribution in [2.45, 2.75) is 22.3 Å². The number of hydrogen-bond acceptors (Lipinski definition) is 2. The van der Waals surface area contributed by atoms with Crippen LogP contribution in [0.5, 0.6) is 0 Å². The van der Waals surface area contributed by atoms with Gasteiger partial charge in [0.05, 0.1) is 6.10 Å². The molecular formula is C14H10ClFOS. The van der Waals surface area contributed by atoms with Gasteiger partial charge in [0.15, 0.2) is 0 Å². The molecule has 0 radical (unpaired) electrons. The maximum Gasteiger partial charge on any atom is 0.123 e. The van der Waals surface area contributed by atoms with Crippen LogP contribution in [0.4, 0.5) is 4.39 Å². The average Bonchev–Trinajstić information content (AvgIpc) is 2.46. The Hall–Kier alpha value is -1.03. The summed E-state index contributed by atoms with van der Waals surface area (Å²) in [7, 11) is 0. The van der Waals surface area contributed by atoms with E-state index in [1.807, 2.05) is 18.2 Å². The summed E-state index contributed by atoms with van der Waals surface area (Å²) in [5.41, 5.74) is 1.64. The molecule has 1 aliphatic heterocycles. The fourth-order valence-corrected chi connectivity index (χ4v) is 3.41. The van der Waals surface area contributed by atoms with Gasteiger partial charge in [-0.2, -0.15) is 0 Å². The van der Waals surface area contributed by atoms with Gasteiger partial charge in [-0.1, -0.05) is 23.4 Å². The first-order valence-corrected chi connectivity index (χ1v) is 6.77. The van der Waals surface area contributed by atoms with Crippen molar-refractivity contribution in [2.75, 3.05) is 0 Å². The Morgan fingerprint density at radius 1 is 1.17 bits per heavy atom. The first-order valence-electron chi connectivity index (χ1n) is 5.57. The van der Waals surface area contributed by atoms with Gasteiger partial charge in [0.25, 0.3) is 0 Å². The summed E-state index contributed by atoms with van der Waals surface area (Å²) in [6, 6.07) is 10.2. The molecule has 92 valence electrons. The summed E-state index contributed by atoms with van der Waals surface area (Å²) in [4.78, 5) is 1.95. The van der Waals surface area contributed by atoms with E-state index in [0.29, 0.717) is 17.0 Å². The van der Waals surface area contributed by atoms with Gasteiger partial charge in [0, 0.05) is 21.2 Å². The van der Waals surface area contributed by atoms with E-state index in [4.69, 9.17) is 11.6 Å². The van der Waals surface area contributed by atoms with Gasteiger partial charge >= 0.3 is 0 Å². The van der Waals surface area contributed by atoms with Crippen LogP contribution in [0, 0.1) is 5.82 Å². The lowest BCUT2D eigenvalue weighted by Gasteiger charge is -2.10. The Labute approximate surface area is 114 Å². The zero-order valence-corrected chi connectivity index (χ0v) is 10.9. The minimum atomic E-state index is -0.692. The molecule has 1 unspecified atom stereocenters. The first kappa shape index (κ1) is 12.0. The third-order valence-electron chi connectivity index (χ3n) is 2.99. The van der Waals surface area contributed by atoms with Gasteiger partial charge in [0.1, 0.15) is 5.82 Å². The first-order chi connectivity index (χ1) is 8.63. The molecule has 2 aromatic rings. The number of rotatable bonds is 0. The van der Waals surface area contributed by atoms with E-state index >= 15 is 0 Å². The molecule has 4 heteroatoms. The lowest BCUT2D eigenvalue weighted by Crippen LogP contribution is -2.02. The van der Waals surface area contributed by atoms with Crippen molar-refractivity contribution in [3.05, 3.63) is 58.4 Å². The van der Waals surface area contributed by atoms with Gasteiger partial charge in [-0.15, -0.1) is 0 Å². The topological polar surface area (TPSA) is 20.2 Å². The van der Waals surface area contributed by atoms with Crippen LogP contribution in [0.3, 0.4) is 0 Å². The van der Waals surface area contributed by atoms with E-state index in [0.717, 1.165) is 15.4 Å². The van der Waals surface area contributed by atoms with E-state index < -0.39 is 6.10 Å². The molecule has 1 heterocycles. The van der Waals surface area contributed by atoms with Crippen molar-refractivity contribution in [3.8, 4) is 0 Å². The second-order valence-corrected chi connectivity index (χ2v) is 5.78. The second-order valence-electron chi connectivity index (χ2n) is 4.26. The van der Waals surface area contributed by atoms with E-state index in [9.17, 15) is 9.50 Å². The normalized spacial score (nSPS) is 17.8. The highest BCUT2D eigenvalue weighted by Crippen LogP contribution is 2.41.